The van der Waals surface area contributed by atoms with Crippen LogP contribution in [0.15, 0.2) is 54.7 Å². The molecule has 1 heterocycles. The lowest BCUT2D eigenvalue weighted by Crippen LogP contribution is -2.47. The van der Waals surface area contributed by atoms with E-state index >= 15 is 0 Å². The summed E-state index contributed by atoms with van der Waals surface area (Å²) in [6, 6.07) is 14.5. The molecule has 0 aliphatic rings. The van der Waals surface area contributed by atoms with Crippen LogP contribution in [-0.4, -0.2) is 36.1 Å². The van der Waals surface area contributed by atoms with E-state index in [1.54, 1.807) is 13.0 Å². The molecular weight excluding hydrogens is 356 g/mol. The molecule has 6 nitrogen and oxygen atoms in total. The Bertz CT molecular complexity index is 979. The highest BCUT2D eigenvalue weighted by molar-refractivity contribution is 5.88. The molecule has 2 N–H and O–H groups in total. The number of amides is 1. The zero-order valence-corrected chi connectivity index (χ0v) is 16.2. The number of carbonyl (C=O) groups excluding carboxylic acids is 2. The second-order valence-corrected chi connectivity index (χ2v) is 6.72. The van der Waals surface area contributed by atoms with Crippen molar-refractivity contribution in [1.29, 1.82) is 0 Å². The summed E-state index contributed by atoms with van der Waals surface area (Å²) in [5.41, 5.74) is 2.94. The first-order valence-electron chi connectivity index (χ1n) is 9.14. The van der Waals surface area contributed by atoms with Crippen LogP contribution in [0.25, 0.3) is 10.9 Å². The second kappa shape index (κ2) is 8.61. The van der Waals surface area contributed by atoms with Gasteiger partial charge in [-0.3, -0.25) is 4.79 Å². The van der Waals surface area contributed by atoms with E-state index in [9.17, 15) is 9.59 Å². The van der Waals surface area contributed by atoms with Gasteiger partial charge in [-0.05, 0) is 43.2 Å². The lowest BCUT2D eigenvalue weighted by Gasteiger charge is -2.20. The molecule has 2 aromatic carbocycles. The molecule has 0 aliphatic heterocycles. The van der Waals surface area contributed by atoms with Gasteiger partial charge in [-0.1, -0.05) is 30.3 Å². The molecule has 146 valence electrons. The molecule has 2 atom stereocenters. The highest BCUT2D eigenvalue weighted by Gasteiger charge is 2.26. The van der Waals surface area contributed by atoms with E-state index in [1.165, 1.54) is 7.11 Å². The first kappa shape index (κ1) is 19.5. The fourth-order valence-electron chi connectivity index (χ4n) is 3.09. The van der Waals surface area contributed by atoms with Crippen molar-refractivity contribution < 1.29 is 19.1 Å². The van der Waals surface area contributed by atoms with Crippen molar-refractivity contribution in [3.05, 3.63) is 65.9 Å². The minimum atomic E-state index is -0.805. The molecule has 0 aliphatic carbocycles. The minimum absolute atomic E-state index is 0.319. The van der Waals surface area contributed by atoms with Gasteiger partial charge in [-0.15, -0.1) is 0 Å². The summed E-state index contributed by atoms with van der Waals surface area (Å²) < 4.78 is 10.6. The summed E-state index contributed by atoms with van der Waals surface area (Å²) in [7, 11) is 1.31. The van der Waals surface area contributed by atoms with E-state index in [0.717, 1.165) is 22.0 Å². The fraction of sp³-hybridized carbons (Fsp3) is 0.273. The summed E-state index contributed by atoms with van der Waals surface area (Å²) >= 11 is 0. The number of H-pyrrole nitrogens is 1. The molecule has 0 radical (unpaired) electrons. The van der Waals surface area contributed by atoms with Crippen LogP contribution in [0.4, 0.5) is 0 Å². The zero-order valence-electron chi connectivity index (χ0n) is 16.2. The van der Waals surface area contributed by atoms with Gasteiger partial charge >= 0.3 is 5.97 Å². The first-order valence-corrected chi connectivity index (χ1v) is 9.14. The first-order chi connectivity index (χ1) is 13.5. The number of esters is 1. The van der Waals surface area contributed by atoms with Gasteiger partial charge in [0.25, 0.3) is 5.91 Å². The lowest BCUT2D eigenvalue weighted by molar-refractivity contribution is -0.145. The number of carbonyl (C=O) groups is 2. The second-order valence-electron chi connectivity index (χ2n) is 6.72. The average Bonchev–Trinajstić information content (AvgIpc) is 3.09. The summed E-state index contributed by atoms with van der Waals surface area (Å²) in [6.45, 7) is 3.60. The number of aromatic nitrogens is 1. The standard InChI is InChI=1S/C22H24N2O4/c1-14-7-6-8-17(11-14)28-15(2)21(25)24-20(22(26)27-3)12-16-13-23-19-10-5-4-9-18(16)19/h4-11,13,15,20,23H,12H2,1-3H3,(H,24,25). The van der Waals surface area contributed by atoms with E-state index < -0.39 is 18.1 Å². The fourth-order valence-corrected chi connectivity index (χ4v) is 3.09. The summed E-state index contributed by atoms with van der Waals surface area (Å²) in [5, 5.41) is 3.76. The van der Waals surface area contributed by atoms with Crippen molar-refractivity contribution in [2.75, 3.05) is 7.11 Å². The molecule has 0 spiro atoms. The largest absolute Gasteiger partial charge is 0.481 e. The smallest absolute Gasteiger partial charge is 0.328 e. The van der Waals surface area contributed by atoms with Gasteiger partial charge in [0.2, 0.25) is 0 Å². The molecule has 0 fully saturated rings. The van der Waals surface area contributed by atoms with Gasteiger partial charge in [-0.25, -0.2) is 4.79 Å². The monoisotopic (exact) mass is 380 g/mol. The topological polar surface area (TPSA) is 80.4 Å². The highest BCUT2D eigenvalue weighted by atomic mass is 16.5. The van der Waals surface area contributed by atoms with Crippen LogP contribution in [0.3, 0.4) is 0 Å². The quantitative estimate of drug-likeness (QED) is 0.617. The molecule has 0 saturated heterocycles. The Kier molecular flexibility index (Phi) is 5.99. The van der Waals surface area contributed by atoms with Crippen molar-refractivity contribution in [2.24, 2.45) is 0 Å². The Labute approximate surface area is 163 Å². The van der Waals surface area contributed by atoms with Crippen LogP contribution in [0, 0.1) is 6.92 Å². The Morgan fingerprint density at radius 2 is 1.93 bits per heavy atom. The maximum atomic E-state index is 12.6. The number of rotatable bonds is 7. The van der Waals surface area contributed by atoms with Crippen LogP contribution >= 0.6 is 0 Å². The van der Waals surface area contributed by atoms with Gasteiger partial charge in [0.05, 0.1) is 7.11 Å². The number of methoxy groups -OCH3 is 1. The van der Waals surface area contributed by atoms with E-state index in [0.29, 0.717) is 12.2 Å². The molecule has 1 amide bonds. The Morgan fingerprint density at radius 3 is 2.68 bits per heavy atom. The van der Waals surface area contributed by atoms with Crippen LogP contribution in [0.2, 0.25) is 0 Å². The Balaban J connectivity index is 1.71. The van der Waals surface area contributed by atoms with Gasteiger partial charge in [0.1, 0.15) is 11.8 Å². The zero-order chi connectivity index (χ0) is 20.1. The number of benzene rings is 2. The highest BCUT2D eigenvalue weighted by Crippen LogP contribution is 2.20. The average molecular weight is 380 g/mol. The van der Waals surface area contributed by atoms with Crippen molar-refractivity contribution in [3.63, 3.8) is 0 Å². The molecule has 3 rings (SSSR count). The molecule has 0 bridgehead atoms. The third kappa shape index (κ3) is 4.52. The predicted octanol–water partition coefficient (Wildman–Crippen LogP) is 3.14. The number of fused-ring (bicyclic) bond motifs is 1. The number of nitrogens with one attached hydrogen (secondary N) is 2. The molecule has 1 aromatic heterocycles. The van der Waals surface area contributed by atoms with Gasteiger partial charge in [0, 0.05) is 23.5 Å². The molecule has 6 heteroatoms. The van der Waals surface area contributed by atoms with Crippen LogP contribution < -0.4 is 10.1 Å². The van der Waals surface area contributed by atoms with Crippen molar-refractivity contribution in [2.45, 2.75) is 32.4 Å². The van der Waals surface area contributed by atoms with Crippen molar-refractivity contribution >= 4 is 22.8 Å². The van der Waals surface area contributed by atoms with Gasteiger partial charge in [0.15, 0.2) is 6.10 Å². The number of hydrogen-bond acceptors (Lipinski definition) is 4. The third-order valence-corrected chi connectivity index (χ3v) is 4.57. The summed E-state index contributed by atoms with van der Waals surface area (Å²) in [4.78, 5) is 28.0. The van der Waals surface area contributed by atoms with E-state index in [1.807, 2.05) is 55.6 Å². The predicted molar refractivity (Wildman–Crippen MR) is 107 cm³/mol. The maximum absolute atomic E-state index is 12.6. The van der Waals surface area contributed by atoms with E-state index in [-0.39, 0.29) is 5.91 Å². The summed E-state index contributed by atoms with van der Waals surface area (Å²) in [5.74, 6) is -0.271. The number of aryl methyl sites for hydroxylation is 1. The Hall–Kier alpha value is -3.28. The maximum Gasteiger partial charge on any atom is 0.328 e. The van der Waals surface area contributed by atoms with Crippen molar-refractivity contribution in [1.82, 2.24) is 10.3 Å². The molecular formula is C22H24N2O4. The van der Waals surface area contributed by atoms with E-state index in [4.69, 9.17) is 9.47 Å². The third-order valence-electron chi connectivity index (χ3n) is 4.57. The normalized spacial score (nSPS) is 13.0. The summed E-state index contributed by atoms with van der Waals surface area (Å²) in [6.07, 6.45) is 1.41. The van der Waals surface area contributed by atoms with Gasteiger partial charge < -0.3 is 19.8 Å². The number of aromatic amines is 1. The molecule has 28 heavy (non-hydrogen) atoms. The molecule has 3 aromatic rings. The van der Waals surface area contributed by atoms with Crippen LogP contribution in [-0.2, 0) is 20.7 Å². The van der Waals surface area contributed by atoms with Crippen LogP contribution in [0.1, 0.15) is 18.1 Å². The number of para-hydroxylation sites is 1. The lowest BCUT2D eigenvalue weighted by atomic mass is 10.0. The molecule has 2 unspecified atom stereocenters. The number of ether oxygens (including phenoxy) is 2. The minimum Gasteiger partial charge on any atom is -0.481 e. The molecule has 0 saturated carbocycles. The van der Waals surface area contributed by atoms with Gasteiger partial charge in [-0.2, -0.15) is 0 Å². The van der Waals surface area contributed by atoms with Crippen molar-refractivity contribution in [3.8, 4) is 5.75 Å². The SMILES string of the molecule is COC(=O)C(Cc1c[nH]c2ccccc12)NC(=O)C(C)Oc1cccc(C)c1. The Morgan fingerprint density at radius 1 is 1.14 bits per heavy atom. The van der Waals surface area contributed by atoms with Crippen LogP contribution in [0.5, 0.6) is 5.75 Å². The van der Waals surface area contributed by atoms with E-state index in [2.05, 4.69) is 10.3 Å². The number of hydrogen-bond donors (Lipinski definition) is 2.